The first-order valence-corrected chi connectivity index (χ1v) is 7.33. The Kier molecular flexibility index (Phi) is 2.93. The molecular weight excluding hydrogens is 238 g/mol. The Bertz CT molecular complexity index is 449. The minimum atomic E-state index is 0.176. The molecular formula is C14H25N5. The molecule has 0 aliphatic heterocycles. The zero-order valence-corrected chi connectivity index (χ0v) is 12.5. The first kappa shape index (κ1) is 13.0. The molecule has 106 valence electrons. The Labute approximate surface area is 115 Å². The minimum absolute atomic E-state index is 0.176. The molecule has 1 N–H and O–H groups in total. The molecule has 5 nitrogen and oxygen atoms in total. The normalized spacial score (nSPS) is 33.5. The summed E-state index contributed by atoms with van der Waals surface area (Å²) in [5.41, 5.74) is 0.527. The maximum absolute atomic E-state index is 4.37. The van der Waals surface area contributed by atoms with Crippen molar-refractivity contribution < 1.29 is 0 Å². The van der Waals surface area contributed by atoms with E-state index in [-0.39, 0.29) is 5.54 Å². The fourth-order valence-electron chi connectivity index (χ4n) is 3.54. The molecule has 0 amide bonds. The van der Waals surface area contributed by atoms with Gasteiger partial charge in [0.15, 0.2) is 5.82 Å². The van der Waals surface area contributed by atoms with Gasteiger partial charge in [-0.2, -0.15) is 4.80 Å². The molecule has 5 heteroatoms. The van der Waals surface area contributed by atoms with Crippen molar-refractivity contribution in [2.75, 3.05) is 6.54 Å². The number of aromatic nitrogens is 4. The van der Waals surface area contributed by atoms with Gasteiger partial charge in [-0.25, -0.2) is 0 Å². The maximum Gasteiger partial charge on any atom is 0.175 e. The van der Waals surface area contributed by atoms with Gasteiger partial charge in [-0.05, 0) is 62.5 Å². The van der Waals surface area contributed by atoms with E-state index in [0.29, 0.717) is 5.41 Å². The molecule has 1 aromatic rings. The highest BCUT2D eigenvalue weighted by Gasteiger charge is 2.54. The Hall–Kier alpha value is -0.970. The first-order valence-electron chi connectivity index (χ1n) is 7.33. The number of nitrogens with zero attached hydrogens (tertiary/aromatic N) is 4. The molecule has 2 aliphatic carbocycles. The lowest BCUT2D eigenvalue weighted by atomic mass is 9.79. The van der Waals surface area contributed by atoms with Crippen LogP contribution in [0.5, 0.6) is 0 Å². The number of nitrogens with one attached hydrogen (secondary N) is 1. The van der Waals surface area contributed by atoms with Crippen LogP contribution in [-0.2, 0) is 13.5 Å². The van der Waals surface area contributed by atoms with Crippen LogP contribution in [0.1, 0.15) is 45.9 Å². The highest BCUT2D eigenvalue weighted by atomic mass is 15.6. The summed E-state index contributed by atoms with van der Waals surface area (Å²) < 4.78 is 0. The average molecular weight is 263 g/mol. The van der Waals surface area contributed by atoms with Crippen LogP contribution < -0.4 is 5.32 Å². The number of tetrazole rings is 1. The second kappa shape index (κ2) is 4.27. The zero-order valence-electron chi connectivity index (χ0n) is 12.5. The molecule has 2 fully saturated rings. The van der Waals surface area contributed by atoms with Crippen molar-refractivity contribution in [1.29, 1.82) is 0 Å². The van der Waals surface area contributed by atoms with Crippen LogP contribution in [0.4, 0.5) is 0 Å². The molecule has 1 aromatic heterocycles. The van der Waals surface area contributed by atoms with Crippen LogP contribution in [0.25, 0.3) is 0 Å². The van der Waals surface area contributed by atoms with Crippen LogP contribution in [0.2, 0.25) is 0 Å². The molecule has 2 unspecified atom stereocenters. The number of rotatable bonds is 4. The van der Waals surface area contributed by atoms with Crippen molar-refractivity contribution in [3.05, 3.63) is 5.82 Å². The average Bonchev–Trinajstić information content (AvgIpc) is 2.71. The van der Waals surface area contributed by atoms with Gasteiger partial charge in [0.25, 0.3) is 0 Å². The van der Waals surface area contributed by atoms with E-state index in [4.69, 9.17) is 0 Å². The summed E-state index contributed by atoms with van der Waals surface area (Å²) in [7, 11) is 1.84. The van der Waals surface area contributed by atoms with Gasteiger partial charge in [0.05, 0.1) is 7.05 Å². The van der Waals surface area contributed by atoms with E-state index in [9.17, 15) is 0 Å². The largest absolute Gasteiger partial charge is 0.312 e. The number of aryl methyl sites for hydroxylation is 1. The monoisotopic (exact) mass is 263 g/mol. The van der Waals surface area contributed by atoms with Crippen molar-refractivity contribution in [2.45, 2.75) is 52.0 Å². The Balaban J connectivity index is 1.70. The van der Waals surface area contributed by atoms with Gasteiger partial charge < -0.3 is 5.32 Å². The van der Waals surface area contributed by atoms with E-state index in [1.807, 2.05) is 7.05 Å². The number of hydrogen-bond donors (Lipinski definition) is 1. The Morgan fingerprint density at radius 1 is 1.32 bits per heavy atom. The fourth-order valence-corrected chi connectivity index (χ4v) is 3.54. The molecule has 2 aliphatic rings. The van der Waals surface area contributed by atoms with Gasteiger partial charge in [-0.3, -0.25) is 0 Å². The smallest absolute Gasteiger partial charge is 0.175 e. The zero-order chi connectivity index (χ0) is 13.7. The van der Waals surface area contributed by atoms with Crippen LogP contribution in [0, 0.1) is 17.3 Å². The molecule has 3 rings (SSSR count). The van der Waals surface area contributed by atoms with Crippen LogP contribution in [0.15, 0.2) is 0 Å². The van der Waals surface area contributed by atoms with Gasteiger partial charge >= 0.3 is 0 Å². The van der Waals surface area contributed by atoms with Gasteiger partial charge in [-0.1, -0.05) is 0 Å². The van der Waals surface area contributed by atoms with Crippen LogP contribution in [0.3, 0.4) is 0 Å². The highest BCUT2D eigenvalue weighted by molar-refractivity contribution is 5.07. The fraction of sp³-hybridized carbons (Fsp3) is 0.929. The molecule has 19 heavy (non-hydrogen) atoms. The summed E-state index contributed by atoms with van der Waals surface area (Å²) in [5.74, 6) is 2.84. The lowest BCUT2D eigenvalue weighted by Crippen LogP contribution is -2.44. The molecule has 2 atom stereocenters. The molecule has 0 aromatic carbocycles. The van der Waals surface area contributed by atoms with E-state index in [1.54, 1.807) is 4.80 Å². The van der Waals surface area contributed by atoms with Gasteiger partial charge in [0.2, 0.25) is 0 Å². The lowest BCUT2D eigenvalue weighted by Gasteiger charge is -2.34. The van der Waals surface area contributed by atoms with E-state index >= 15 is 0 Å². The van der Waals surface area contributed by atoms with Crippen molar-refractivity contribution in [1.82, 2.24) is 25.5 Å². The SMILES string of the molecule is Cn1nnc(CC2(CNC(C)(C)C)CC3CC3C2)n1. The molecule has 0 saturated heterocycles. The van der Waals surface area contributed by atoms with Gasteiger partial charge in [-0.15, -0.1) is 10.2 Å². The number of hydrogen-bond acceptors (Lipinski definition) is 4. The van der Waals surface area contributed by atoms with Crippen LogP contribution >= 0.6 is 0 Å². The topological polar surface area (TPSA) is 55.6 Å². The Morgan fingerprint density at radius 2 is 2.00 bits per heavy atom. The third kappa shape index (κ3) is 2.96. The second-order valence-corrected chi connectivity index (χ2v) is 7.64. The van der Waals surface area contributed by atoms with E-state index in [2.05, 4.69) is 41.5 Å². The predicted molar refractivity (Wildman–Crippen MR) is 73.5 cm³/mol. The van der Waals surface area contributed by atoms with E-state index in [1.165, 1.54) is 19.3 Å². The molecule has 0 spiro atoms. The van der Waals surface area contributed by atoms with Gasteiger partial charge in [0, 0.05) is 18.5 Å². The summed E-state index contributed by atoms with van der Waals surface area (Å²) >= 11 is 0. The standard InChI is InChI=1S/C14H25N5/c1-13(2,3)15-9-14(6-10-5-11(10)7-14)8-12-16-18-19(4)17-12/h10-11,15H,5-9H2,1-4H3. The van der Waals surface area contributed by atoms with E-state index < -0.39 is 0 Å². The van der Waals surface area contributed by atoms with Crippen molar-refractivity contribution >= 4 is 0 Å². The first-order chi connectivity index (χ1) is 8.85. The highest BCUT2D eigenvalue weighted by Crippen LogP contribution is 2.60. The molecule has 0 bridgehead atoms. The van der Waals surface area contributed by atoms with Crippen LogP contribution in [-0.4, -0.2) is 32.3 Å². The third-order valence-electron chi connectivity index (χ3n) is 4.54. The second-order valence-electron chi connectivity index (χ2n) is 7.64. The third-order valence-corrected chi connectivity index (χ3v) is 4.54. The predicted octanol–water partition coefficient (Wildman–Crippen LogP) is 1.56. The van der Waals surface area contributed by atoms with Crippen molar-refractivity contribution in [3.8, 4) is 0 Å². The van der Waals surface area contributed by atoms with Gasteiger partial charge in [0.1, 0.15) is 0 Å². The summed E-state index contributed by atoms with van der Waals surface area (Å²) in [4.78, 5) is 1.57. The lowest BCUT2D eigenvalue weighted by molar-refractivity contribution is 0.218. The Morgan fingerprint density at radius 3 is 2.53 bits per heavy atom. The molecule has 1 heterocycles. The van der Waals surface area contributed by atoms with E-state index in [0.717, 1.165) is 30.6 Å². The maximum atomic E-state index is 4.37. The summed E-state index contributed by atoms with van der Waals surface area (Å²) in [6, 6.07) is 0. The summed E-state index contributed by atoms with van der Waals surface area (Å²) in [6.07, 6.45) is 5.08. The quantitative estimate of drug-likeness (QED) is 0.895. The van der Waals surface area contributed by atoms with Crippen molar-refractivity contribution in [3.63, 3.8) is 0 Å². The molecule has 2 saturated carbocycles. The summed E-state index contributed by atoms with van der Waals surface area (Å²) in [6.45, 7) is 7.77. The summed E-state index contributed by atoms with van der Waals surface area (Å²) in [5, 5.41) is 16.2. The van der Waals surface area contributed by atoms with Crippen molar-refractivity contribution in [2.24, 2.45) is 24.3 Å². The number of fused-ring (bicyclic) bond motifs is 1. The molecule has 0 radical (unpaired) electrons. The minimum Gasteiger partial charge on any atom is -0.312 e.